The number of ether oxygens (including phenoxy) is 3. The number of allylic oxidation sites excluding steroid dienone is 8. The number of esters is 3. The van der Waals surface area contributed by atoms with Gasteiger partial charge in [0.25, 0.3) is 0 Å². The van der Waals surface area contributed by atoms with E-state index in [0.717, 1.165) is 109 Å². The van der Waals surface area contributed by atoms with E-state index in [-0.39, 0.29) is 31.1 Å². The Bertz CT molecular complexity index is 1280. The summed E-state index contributed by atoms with van der Waals surface area (Å²) in [5, 5.41) is 0. The second-order valence-corrected chi connectivity index (χ2v) is 22.0. The standard InChI is InChI=1S/C68H124O6/c1-4-7-10-13-16-19-22-25-27-28-29-30-31-32-33-34-35-36-37-38-39-40-41-44-46-49-52-55-58-61-67(70)73-64-65(63-72-66(69)60-57-54-51-48-45-42-24-21-18-15-12-9-6-3)74-68(71)62-59-56-53-50-47-43-26-23-20-17-14-11-8-5-2/h12,14-15,17,21,23-24,26,65H,4-11,13,16,18-20,22,25,27-64H2,1-3H3/b15-12-,17-14-,24-21-,26-23-. The highest BCUT2D eigenvalue weighted by molar-refractivity contribution is 5.71. The Balaban J connectivity index is 4.14. The van der Waals surface area contributed by atoms with Crippen LogP contribution in [-0.4, -0.2) is 37.2 Å². The molecule has 0 amide bonds. The molecule has 0 spiro atoms. The second kappa shape index (κ2) is 62.9. The Morgan fingerprint density at radius 3 is 0.838 bits per heavy atom. The van der Waals surface area contributed by atoms with Crippen molar-refractivity contribution in [1.29, 1.82) is 0 Å². The molecule has 0 aromatic carbocycles. The van der Waals surface area contributed by atoms with E-state index in [2.05, 4.69) is 69.4 Å². The zero-order valence-corrected chi connectivity index (χ0v) is 49.6. The Morgan fingerprint density at radius 2 is 0.527 bits per heavy atom. The van der Waals surface area contributed by atoms with Gasteiger partial charge in [0.15, 0.2) is 6.10 Å². The summed E-state index contributed by atoms with van der Waals surface area (Å²) in [7, 11) is 0. The van der Waals surface area contributed by atoms with Crippen molar-refractivity contribution in [3.63, 3.8) is 0 Å². The smallest absolute Gasteiger partial charge is 0.306 e. The molecule has 0 aromatic rings. The quantitative estimate of drug-likeness (QED) is 0.0261. The van der Waals surface area contributed by atoms with Crippen LogP contribution < -0.4 is 0 Å². The number of unbranched alkanes of at least 4 members (excludes halogenated alkanes) is 41. The minimum Gasteiger partial charge on any atom is -0.462 e. The molecular weight excluding hydrogens is 913 g/mol. The van der Waals surface area contributed by atoms with E-state index in [9.17, 15) is 14.4 Å². The first-order chi connectivity index (χ1) is 36.5. The maximum Gasteiger partial charge on any atom is 0.306 e. The van der Waals surface area contributed by atoms with Crippen molar-refractivity contribution in [2.75, 3.05) is 13.2 Å². The SMILES string of the molecule is CCC/C=C\C/C=C\CCCCCCCC(=O)OCC(COC(=O)CCCCCCCCCCCCCCCCCCCCCCCCCCCCCCC)OC(=O)CCCCCCC/C=C\C/C=C\CCCC. The lowest BCUT2D eigenvalue weighted by molar-refractivity contribution is -0.167. The summed E-state index contributed by atoms with van der Waals surface area (Å²) in [6.07, 6.45) is 78.6. The van der Waals surface area contributed by atoms with Crippen LogP contribution in [0.25, 0.3) is 0 Å². The van der Waals surface area contributed by atoms with E-state index in [0.29, 0.717) is 19.3 Å². The van der Waals surface area contributed by atoms with Crippen molar-refractivity contribution >= 4 is 17.9 Å². The minimum atomic E-state index is -0.785. The number of carbonyl (C=O) groups excluding carboxylic acids is 3. The molecule has 0 fully saturated rings. The zero-order valence-electron chi connectivity index (χ0n) is 49.6. The number of hydrogen-bond acceptors (Lipinski definition) is 6. The average Bonchev–Trinajstić information content (AvgIpc) is 3.40. The summed E-state index contributed by atoms with van der Waals surface area (Å²) in [5.41, 5.74) is 0. The number of rotatable bonds is 60. The van der Waals surface area contributed by atoms with Crippen LogP contribution in [0.4, 0.5) is 0 Å². The maximum atomic E-state index is 12.9. The lowest BCUT2D eigenvalue weighted by Gasteiger charge is -2.18. The minimum absolute atomic E-state index is 0.0804. The third-order valence-electron chi connectivity index (χ3n) is 14.5. The van der Waals surface area contributed by atoms with Gasteiger partial charge in [0, 0.05) is 19.3 Å². The van der Waals surface area contributed by atoms with Crippen molar-refractivity contribution in [2.45, 2.75) is 354 Å². The van der Waals surface area contributed by atoms with Crippen molar-refractivity contribution in [3.8, 4) is 0 Å². The topological polar surface area (TPSA) is 78.9 Å². The molecule has 1 unspecified atom stereocenters. The molecule has 6 nitrogen and oxygen atoms in total. The van der Waals surface area contributed by atoms with Gasteiger partial charge >= 0.3 is 17.9 Å². The summed E-state index contributed by atoms with van der Waals surface area (Å²) in [5.74, 6) is -0.892. The van der Waals surface area contributed by atoms with Gasteiger partial charge in [-0.1, -0.05) is 307 Å². The van der Waals surface area contributed by atoms with E-state index in [1.54, 1.807) is 0 Å². The van der Waals surface area contributed by atoms with Gasteiger partial charge in [0.2, 0.25) is 0 Å². The molecule has 6 heteroatoms. The fraction of sp³-hybridized carbons (Fsp3) is 0.838. The first-order valence-corrected chi connectivity index (χ1v) is 32.6. The Labute approximate surface area is 460 Å². The van der Waals surface area contributed by atoms with E-state index < -0.39 is 6.10 Å². The monoisotopic (exact) mass is 1040 g/mol. The highest BCUT2D eigenvalue weighted by atomic mass is 16.6. The molecule has 0 radical (unpaired) electrons. The lowest BCUT2D eigenvalue weighted by Crippen LogP contribution is -2.30. The first kappa shape index (κ1) is 71.4. The Kier molecular flexibility index (Phi) is 60.7. The Hall–Kier alpha value is -2.63. The van der Waals surface area contributed by atoms with Crippen LogP contribution in [0.15, 0.2) is 48.6 Å². The average molecular weight is 1040 g/mol. The largest absolute Gasteiger partial charge is 0.462 e. The third-order valence-corrected chi connectivity index (χ3v) is 14.5. The van der Waals surface area contributed by atoms with Gasteiger partial charge < -0.3 is 14.2 Å². The molecule has 0 N–H and O–H groups in total. The van der Waals surface area contributed by atoms with Crippen LogP contribution in [0, 0.1) is 0 Å². The highest BCUT2D eigenvalue weighted by Gasteiger charge is 2.19. The van der Waals surface area contributed by atoms with Crippen LogP contribution in [0.3, 0.4) is 0 Å². The van der Waals surface area contributed by atoms with E-state index in [1.165, 1.54) is 199 Å². The van der Waals surface area contributed by atoms with E-state index in [1.807, 2.05) is 0 Å². The molecule has 0 aliphatic carbocycles. The van der Waals surface area contributed by atoms with Crippen molar-refractivity contribution < 1.29 is 28.6 Å². The van der Waals surface area contributed by atoms with Crippen LogP contribution in [0.5, 0.6) is 0 Å². The molecule has 0 aromatic heterocycles. The molecule has 0 saturated carbocycles. The van der Waals surface area contributed by atoms with E-state index in [4.69, 9.17) is 14.2 Å². The van der Waals surface area contributed by atoms with Gasteiger partial charge in [-0.05, 0) is 70.6 Å². The third kappa shape index (κ3) is 60.2. The molecule has 1 atom stereocenters. The Morgan fingerprint density at radius 1 is 0.270 bits per heavy atom. The lowest BCUT2D eigenvalue weighted by atomic mass is 10.0. The van der Waals surface area contributed by atoms with Crippen LogP contribution in [0.2, 0.25) is 0 Å². The van der Waals surface area contributed by atoms with Crippen molar-refractivity contribution in [2.24, 2.45) is 0 Å². The fourth-order valence-corrected chi connectivity index (χ4v) is 9.62. The highest BCUT2D eigenvalue weighted by Crippen LogP contribution is 2.18. The number of carbonyl (C=O) groups is 3. The summed E-state index contributed by atoms with van der Waals surface area (Å²) in [6.45, 7) is 6.56. The van der Waals surface area contributed by atoms with Crippen molar-refractivity contribution in [1.82, 2.24) is 0 Å². The van der Waals surface area contributed by atoms with Gasteiger partial charge in [0.1, 0.15) is 13.2 Å². The van der Waals surface area contributed by atoms with Crippen LogP contribution >= 0.6 is 0 Å². The molecule has 432 valence electrons. The van der Waals surface area contributed by atoms with E-state index >= 15 is 0 Å². The fourth-order valence-electron chi connectivity index (χ4n) is 9.62. The molecule has 0 aliphatic rings. The molecule has 74 heavy (non-hydrogen) atoms. The maximum absolute atomic E-state index is 12.9. The van der Waals surface area contributed by atoms with Crippen LogP contribution in [0.1, 0.15) is 348 Å². The first-order valence-electron chi connectivity index (χ1n) is 32.6. The van der Waals surface area contributed by atoms with Gasteiger partial charge in [0.05, 0.1) is 0 Å². The molecule has 0 aliphatic heterocycles. The van der Waals surface area contributed by atoms with Gasteiger partial charge in [-0.3, -0.25) is 14.4 Å². The molecule has 0 heterocycles. The summed E-state index contributed by atoms with van der Waals surface area (Å²) in [6, 6.07) is 0. The second-order valence-electron chi connectivity index (χ2n) is 22.0. The van der Waals surface area contributed by atoms with Crippen molar-refractivity contribution in [3.05, 3.63) is 48.6 Å². The summed E-state index contributed by atoms with van der Waals surface area (Å²) in [4.78, 5) is 38.2. The molecule has 0 bridgehead atoms. The van der Waals surface area contributed by atoms with Gasteiger partial charge in [-0.25, -0.2) is 0 Å². The zero-order chi connectivity index (χ0) is 53.6. The predicted molar refractivity (Wildman–Crippen MR) is 321 cm³/mol. The normalized spacial score (nSPS) is 12.3. The number of hydrogen-bond donors (Lipinski definition) is 0. The predicted octanol–water partition coefficient (Wildman–Crippen LogP) is 22.2. The molecule has 0 saturated heterocycles. The summed E-state index contributed by atoms with van der Waals surface area (Å²) < 4.78 is 16.9. The summed E-state index contributed by atoms with van der Waals surface area (Å²) >= 11 is 0. The molecular formula is C68H124O6. The van der Waals surface area contributed by atoms with Gasteiger partial charge in [-0.15, -0.1) is 0 Å². The van der Waals surface area contributed by atoms with Gasteiger partial charge in [-0.2, -0.15) is 0 Å². The van der Waals surface area contributed by atoms with Crippen LogP contribution in [-0.2, 0) is 28.6 Å². The molecule has 0 rings (SSSR count).